The fraction of sp³-hybridized carbons (Fsp3) is 0.756. The van der Waals surface area contributed by atoms with Crippen LogP contribution in [0.5, 0.6) is 0 Å². The van der Waals surface area contributed by atoms with Crippen molar-refractivity contribution in [2.75, 3.05) is 33.0 Å². The molecule has 0 aromatic rings. The fourth-order valence-corrected chi connectivity index (χ4v) is 6.53. The number of nitrogens with two attached hydrogens (primary N) is 1. The lowest BCUT2D eigenvalue weighted by Gasteiger charge is -2.20. The maximum atomic E-state index is 12.5. The molecule has 3 N–H and O–H groups in total. The van der Waals surface area contributed by atoms with E-state index in [0.29, 0.717) is 13.0 Å². The molecule has 0 aromatic heterocycles. The number of allylic oxidation sites excluding steroid dienone is 10. The molecule has 0 radical (unpaired) electrons. The van der Waals surface area contributed by atoms with Gasteiger partial charge in [0.1, 0.15) is 6.10 Å². The number of ether oxygens (including phenoxy) is 2. The lowest BCUT2D eigenvalue weighted by Crippen LogP contribution is -2.28. The Balaban J connectivity index is 4.03. The predicted octanol–water partition coefficient (Wildman–Crippen LogP) is 13.0. The minimum absolute atomic E-state index is 0.0850. The van der Waals surface area contributed by atoms with Gasteiger partial charge in [0.15, 0.2) is 0 Å². The molecule has 0 aromatic carbocycles. The molecule has 0 bridgehead atoms. The van der Waals surface area contributed by atoms with Gasteiger partial charge in [-0.05, 0) is 64.2 Å². The quantitative estimate of drug-likeness (QED) is 0.0273. The molecule has 0 saturated heterocycles. The monoisotopic (exact) mass is 780 g/mol. The molecule has 9 heteroatoms. The van der Waals surface area contributed by atoms with Crippen molar-refractivity contribution >= 4 is 13.8 Å². The van der Waals surface area contributed by atoms with E-state index in [1.165, 1.54) is 116 Å². The summed E-state index contributed by atoms with van der Waals surface area (Å²) in [5.41, 5.74) is 5.36. The van der Waals surface area contributed by atoms with Crippen molar-refractivity contribution in [3.05, 3.63) is 60.8 Å². The van der Waals surface area contributed by atoms with E-state index in [2.05, 4.69) is 62.5 Å². The Morgan fingerprint density at radius 1 is 0.574 bits per heavy atom. The van der Waals surface area contributed by atoms with Crippen LogP contribution in [0.25, 0.3) is 0 Å². The van der Waals surface area contributed by atoms with E-state index in [1.54, 1.807) is 0 Å². The van der Waals surface area contributed by atoms with Crippen molar-refractivity contribution in [1.82, 2.24) is 0 Å². The number of esters is 1. The first-order chi connectivity index (χ1) is 26.4. The maximum absolute atomic E-state index is 12.5. The predicted molar refractivity (Wildman–Crippen MR) is 229 cm³/mol. The minimum atomic E-state index is -4.30. The summed E-state index contributed by atoms with van der Waals surface area (Å²) in [4.78, 5) is 22.4. The molecule has 0 fully saturated rings. The number of unbranched alkanes of at least 4 members (excludes halogenated alkanes) is 18. The van der Waals surface area contributed by atoms with Crippen molar-refractivity contribution < 1.29 is 32.8 Å². The standard InChI is InChI=1S/C45H82NO7P/c1-3-5-7-9-11-13-15-17-18-19-20-21-22-23-24-25-27-29-31-33-35-37-40-50-42-44(43-52-54(48,49)51-41-39-46)53-45(47)38-36-34-32-30-28-26-16-14-12-10-8-6-4-2/h6,8,12,14,19-20,26,28,32,34,44H,3-5,7,9-11,13,15-18,21-25,27,29-31,33,35-43,46H2,1-2H3,(H,48,49)/b8-6-,14-12-,20-19-,28-26-,34-32-. The summed E-state index contributed by atoms with van der Waals surface area (Å²) in [6.45, 7) is 4.70. The third kappa shape index (κ3) is 41.4. The second-order valence-corrected chi connectivity index (χ2v) is 15.6. The molecule has 0 amide bonds. The van der Waals surface area contributed by atoms with Gasteiger partial charge in [0.05, 0.1) is 19.8 Å². The maximum Gasteiger partial charge on any atom is 0.472 e. The summed E-state index contributed by atoms with van der Waals surface area (Å²) < 4.78 is 33.3. The Morgan fingerprint density at radius 2 is 1.04 bits per heavy atom. The van der Waals surface area contributed by atoms with E-state index >= 15 is 0 Å². The summed E-state index contributed by atoms with van der Waals surface area (Å²) in [6, 6.07) is 0. The number of phosphoric acid groups is 1. The molecule has 8 nitrogen and oxygen atoms in total. The van der Waals surface area contributed by atoms with Crippen LogP contribution in [0.2, 0.25) is 0 Å². The van der Waals surface area contributed by atoms with Gasteiger partial charge in [-0.25, -0.2) is 4.57 Å². The number of carbonyl (C=O) groups excluding carboxylic acids is 1. The zero-order valence-electron chi connectivity index (χ0n) is 34.7. The van der Waals surface area contributed by atoms with Crippen LogP contribution in [-0.2, 0) is 27.9 Å². The van der Waals surface area contributed by atoms with E-state index in [1.807, 2.05) is 12.2 Å². The Bertz CT molecular complexity index is 1010. The largest absolute Gasteiger partial charge is 0.472 e. The zero-order chi connectivity index (χ0) is 39.5. The minimum Gasteiger partial charge on any atom is -0.457 e. The molecular formula is C45H82NO7P. The van der Waals surface area contributed by atoms with Crippen LogP contribution in [0.3, 0.4) is 0 Å². The highest BCUT2D eigenvalue weighted by Crippen LogP contribution is 2.43. The Kier molecular flexibility index (Phi) is 40.9. The SMILES string of the molecule is CC/C=C\C/C=C\C/C=C\C/C=C\CCC(=O)OC(COCCCCCCCCCCCC/C=C\CCCCCCCCCC)COP(=O)(O)OCCN. The summed E-state index contributed by atoms with van der Waals surface area (Å²) >= 11 is 0. The first kappa shape index (κ1) is 52.2. The number of carbonyl (C=O) groups is 1. The van der Waals surface area contributed by atoms with Crippen LogP contribution >= 0.6 is 7.82 Å². The molecule has 0 aliphatic carbocycles. The van der Waals surface area contributed by atoms with Gasteiger partial charge in [-0.15, -0.1) is 0 Å². The number of hydrogen-bond donors (Lipinski definition) is 2. The van der Waals surface area contributed by atoms with Crippen molar-refractivity contribution in [2.45, 2.75) is 187 Å². The molecule has 2 atom stereocenters. The lowest BCUT2D eigenvalue weighted by molar-refractivity contribution is -0.154. The third-order valence-electron chi connectivity index (χ3n) is 8.93. The lowest BCUT2D eigenvalue weighted by atomic mass is 10.1. The van der Waals surface area contributed by atoms with Crippen molar-refractivity contribution in [3.8, 4) is 0 Å². The van der Waals surface area contributed by atoms with Gasteiger partial charge in [0.25, 0.3) is 0 Å². The molecule has 0 aliphatic rings. The van der Waals surface area contributed by atoms with E-state index < -0.39 is 19.9 Å². The van der Waals surface area contributed by atoms with E-state index in [4.69, 9.17) is 24.3 Å². The van der Waals surface area contributed by atoms with E-state index in [0.717, 1.165) is 38.5 Å². The first-order valence-electron chi connectivity index (χ1n) is 21.8. The molecule has 54 heavy (non-hydrogen) atoms. The molecular weight excluding hydrogens is 697 g/mol. The van der Waals surface area contributed by atoms with Crippen LogP contribution in [0, 0.1) is 0 Å². The average molecular weight is 780 g/mol. The molecule has 0 aliphatic heterocycles. The fourth-order valence-electron chi connectivity index (χ4n) is 5.77. The molecule has 0 spiro atoms. The van der Waals surface area contributed by atoms with Crippen LogP contribution < -0.4 is 5.73 Å². The van der Waals surface area contributed by atoms with Gasteiger partial charge in [-0.1, -0.05) is 171 Å². The molecule has 2 unspecified atom stereocenters. The van der Waals surface area contributed by atoms with Gasteiger partial charge in [0, 0.05) is 19.6 Å². The highest BCUT2D eigenvalue weighted by atomic mass is 31.2. The van der Waals surface area contributed by atoms with Crippen LogP contribution in [0.1, 0.15) is 181 Å². The normalized spacial score (nSPS) is 14.1. The van der Waals surface area contributed by atoms with Crippen LogP contribution in [0.4, 0.5) is 0 Å². The summed E-state index contributed by atoms with van der Waals surface area (Å²) in [6.07, 6.45) is 51.3. The van der Waals surface area contributed by atoms with Gasteiger partial charge < -0.3 is 20.1 Å². The number of rotatable bonds is 41. The topological polar surface area (TPSA) is 117 Å². The summed E-state index contributed by atoms with van der Waals surface area (Å²) in [7, 11) is -4.30. The molecule has 0 heterocycles. The Hall–Kier alpha value is -1.80. The van der Waals surface area contributed by atoms with Crippen LogP contribution in [-0.4, -0.2) is 49.9 Å². The van der Waals surface area contributed by atoms with Gasteiger partial charge in [-0.3, -0.25) is 13.8 Å². The summed E-state index contributed by atoms with van der Waals surface area (Å²) in [5.74, 6) is -0.411. The van der Waals surface area contributed by atoms with Crippen molar-refractivity contribution in [1.29, 1.82) is 0 Å². The molecule has 0 rings (SSSR count). The first-order valence-corrected chi connectivity index (χ1v) is 23.3. The molecule has 0 saturated carbocycles. The van der Waals surface area contributed by atoms with Crippen LogP contribution in [0.15, 0.2) is 60.8 Å². The molecule has 314 valence electrons. The Morgan fingerprint density at radius 3 is 1.56 bits per heavy atom. The van der Waals surface area contributed by atoms with Gasteiger partial charge >= 0.3 is 13.8 Å². The summed E-state index contributed by atoms with van der Waals surface area (Å²) in [5, 5.41) is 0. The zero-order valence-corrected chi connectivity index (χ0v) is 35.6. The second-order valence-electron chi connectivity index (χ2n) is 14.2. The highest BCUT2D eigenvalue weighted by Gasteiger charge is 2.25. The smallest absolute Gasteiger partial charge is 0.457 e. The van der Waals surface area contributed by atoms with Gasteiger partial charge in [0.2, 0.25) is 0 Å². The Labute approximate surface area is 332 Å². The average Bonchev–Trinajstić information content (AvgIpc) is 3.16. The number of hydrogen-bond acceptors (Lipinski definition) is 7. The van der Waals surface area contributed by atoms with E-state index in [-0.39, 0.29) is 32.8 Å². The third-order valence-corrected chi connectivity index (χ3v) is 9.92. The highest BCUT2D eigenvalue weighted by molar-refractivity contribution is 7.47. The van der Waals surface area contributed by atoms with E-state index in [9.17, 15) is 14.3 Å². The van der Waals surface area contributed by atoms with Crippen molar-refractivity contribution in [2.24, 2.45) is 5.73 Å². The van der Waals surface area contributed by atoms with Crippen molar-refractivity contribution in [3.63, 3.8) is 0 Å². The van der Waals surface area contributed by atoms with Gasteiger partial charge in [-0.2, -0.15) is 0 Å². The second kappa shape index (κ2) is 42.3. The number of phosphoric ester groups is 1.